The van der Waals surface area contributed by atoms with Crippen LogP contribution in [0.3, 0.4) is 0 Å². The Morgan fingerprint density at radius 3 is 2.50 bits per heavy atom. The van der Waals surface area contributed by atoms with E-state index in [2.05, 4.69) is 5.32 Å². The predicted octanol–water partition coefficient (Wildman–Crippen LogP) is 1.87. The normalized spacial score (nSPS) is 17.4. The molecule has 0 aromatic carbocycles. The molecule has 1 aliphatic rings. The number of aliphatic carboxylic acids is 1. The van der Waals surface area contributed by atoms with Gasteiger partial charge in [-0.25, -0.2) is 0 Å². The van der Waals surface area contributed by atoms with E-state index in [-0.39, 0.29) is 5.91 Å². The molecule has 1 fully saturated rings. The van der Waals surface area contributed by atoms with Crippen LogP contribution in [0.5, 0.6) is 0 Å². The van der Waals surface area contributed by atoms with Crippen molar-refractivity contribution in [1.29, 1.82) is 0 Å². The molecule has 1 saturated carbocycles. The zero-order valence-electron chi connectivity index (χ0n) is 12.7. The smallest absolute Gasteiger partial charge is 0.320 e. The van der Waals surface area contributed by atoms with Crippen molar-refractivity contribution in [1.82, 2.24) is 10.2 Å². The largest absolute Gasteiger partial charge is 0.480 e. The molecule has 5 nitrogen and oxygen atoms in total. The molecule has 0 saturated heterocycles. The zero-order chi connectivity index (χ0) is 15.0. The van der Waals surface area contributed by atoms with Gasteiger partial charge in [-0.3, -0.25) is 14.5 Å². The molecule has 0 radical (unpaired) electrons. The molecule has 0 aliphatic heterocycles. The quantitative estimate of drug-likeness (QED) is 0.678. The summed E-state index contributed by atoms with van der Waals surface area (Å²) in [7, 11) is 0. The summed E-state index contributed by atoms with van der Waals surface area (Å²) in [5.74, 6) is -0.0279. The van der Waals surface area contributed by atoms with Gasteiger partial charge in [0.1, 0.15) is 6.04 Å². The lowest BCUT2D eigenvalue weighted by atomic mass is 10.0. The summed E-state index contributed by atoms with van der Waals surface area (Å²) in [5.41, 5.74) is 0. The summed E-state index contributed by atoms with van der Waals surface area (Å²) in [6, 6.07) is -0.493. The van der Waals surface area contributed by atoms with E-state index in [0.29, 0.717) is 13.1 Å². The zero-order valence-corrected chi connectivity index (χ0v) is 12.7. The summed E-state index contributed by atoms with van der Waals surface area (Å²) in [4.78, 5) is 24.0. The van der Waals surface area contributed by atoms with Gasteiger partial charge in [-0.15, -0.1) is 0 Å². The van der Waals surface area contributed by atoms with Crippen molar-refractivity contribution in [3.63, 3.8) is 0 Å². The van der Waals surface area contributed by atoms with Crippen LogP contribution in [-0.2, 0) is 9.59 Å². The highest BCUT2D eigenvalue weighted by molar-refractivity contribution is 5.73. The van der Waals surface area contributed by atoms with Crippen LogP contribution in [-0.4, -0.2) is 47.6 Å². The van der Waals surface area contributed by atoms with Crippen LogP contribution in [0.15, 0.2) is 0 Å². The Morgan fingerprint density at radius 1 is 1.30 bits per heavy atom. The molecule has 0 bridgehead atoms. The van der Waals surface area contributed by atoms with E-state index in [1.54, 1.807) is 6.92 Å². The number of hydrogen-bond acceptors (Lipinski definition) is 3. The standard InChI is InChI=1S/C15H28N2O3/c1-12(15(19)20)17(11-9-16-13(2)18)10-5-8-14-6-3-4-7-14/h12,14H,3-11H2,1-2H3,(H,16,18)(H,19,20). The number of nitrogens with zero attached hydrogens (tertiary/aromatic N) is 1. The number of carbonyl (C=O) groups is 2. The topological polar surface area (TPSA) is 69.6 Å². The first-order valence-corrected chi connectivity index (χ1v) is 7.72. The molecule has 1 aliphatic carbocycles. The predicted molar refractivity (Wildman–Crippen MR) is 78.5 cm³/mol. The molecule has 0 spiro atoms. The first-order valence-electron chi connectivity index (χ1n) is 7.72. The summed E-state index contributed by atoms with van der Waals surface area (Å²) in [6.07, 6.45) is 7.61. The maximum atomic E-state index is 11.1. The van der Waals surface area contributed by atoms with Crippen LogP contribution in [0, 0.1) is 5.92 Å². The molecule has 5 heteroatoms. The van der Waals surface area contributed by atoms with E-state index in [4.69, 9.17) is 5.11 Å². The van der Waals surface area contributed by atoms with Crippen LogP contribution >= 0.6 is 0 Å². The van der Waals surface area contributed by atoms with Gasteiger partial charge in [-0.2, -0.15) is 0 Å². The van der Waals surface area contributed by atoms with E-state index in [1.165, 1.54) is 39.0 Å². The molecule has 1 amide bonds. The van der Waals surface area contributed by atoms with Crippen molar-refractivity contribution in [3.05, 3.63) is 0 Å². The van der Waals surface area contributed by atoms with Crippen LogP contribution in [0.1, 0.15) is 52.4 Å². The molecule has 0 aromatic heterocycles. The fourth-order valence-electron chi connectivity index (χ4n) is 2.91. The first kappa shape index (κ1) is 17.0. The SMILES string of the molecule is CC(=O)NCCN(CCCC1CCCC1)C(C)C(=O)O. The molecular weight excluding hydrogens is 256 g/mol. The van der Waals surface area contributed by atoms with Crippen molar-refractivity contribution < 1.29 is 14.7 Å². The van der Waals surface area contributed by atoms with Gasteiger partial charge in [0.15, 0.2) is 0 Å². The second-order valence-electron chi connectivity index (χ2n) is 5.83. The third kappa shape index (κ3) is 6.37. The van der Waals surface area contributed by atoms with Crippen LogP contribution in [0.2, 0.25) is 0 Å². The molecular formula is C15H28N2O3. The second kappa shape index (κ2) is 8.95. The molecule has 1 atom stereocenters. The minimum Gasteiger partial charge on any atom is -0.480 e. The van der Waals surface area contributed by atoms with Crippen molar-refractivity contribution in [2.24, 2.45) is 5.92 Å². The van der Waals surface area contributed by atoms with Crippen molar-refractivity contribution in [2.75, 3.05) is 19.6 Å². The summed E-state index contributed by atoms with van der Waals surface area (Å²) >= 11 is 0. The lowest BCUT2D eigenvalue weighted by Gasteiger charge is -2.26. The minimum absolute atomic E-state index is 0.0705. The maximum Gasteiger partial charge on any atom is 0.320 e. The van der Waals surface area contributed by atoms with Crippen LogP contribution < -0.4 is 5.32 Å². The Balaban J connectivity index is 2.32. The van der Waals surface area contributed by atoms with Gasteiger partial charge >= 0.3 is 5.97 Å². The minimum atomic E-state index is -0.798. The summed E-state index contributed by atoms with van der Waals surface area (Å²) in [5, 5.41) is 11.9. The maximum absolute atomic E-state index is 11.1. The molecule has 116 valence electrons. The molecule has 1 rings (SSSR count). The highest BCUT2D eigenvalue weighted by Gasteiger charge is 2.21. The Kier molecular flexibility index (Phi) is 7.59. The molecule has 1 unspecified atom stereocenters. The van der Waals surface area contributed by atoms with Crippen LogP contribution in [0.4, 0.5) is 0 Å². The van der Waals surface area contributed by atoms with Gasteiger partial charge in [-0.05, 0) is 32.2 Å². The number of amides is 1. The van der Waals surface area contributed by atoms with Crippen LogP contribution in [0.25, 0.3) is 0 Å². The Labute approximate surface area is 121 Å². The van der Waals surface area contributed by atoms with Crippen molar-refractivity contribution in [3.8, 4) is 0 Å². The first-order chi connectivity index (χ1) is 9.50. The van der Waals surface area contributed by atoms with E-state index in [1.807, 2.05) is 4.90 Å². The Bertz CT molecular complexity index is 314. The second-order valence-corrected chi connectivity index (χ2v) is 5.83. The summed E-state index contributed by atoms with van der Waals surface area (Å²) < 4.78 is 0. The van der Waals surface area contributed by atoms with Gasteiger partial charge < -0.3 is 10.4 Å². The van der Waals surface area contributed by atoms with Gasteiger partial charge in [0.2, 0.25) is 5.91 Å². The molecule has 0 heterocycles. The van der Waals surface area contributed by atoms with Gasteiger partial charge in [-0.1, -0.05) is 25.7 Å². The number of carboxylic acids is 1. The van der Waals surface area contributed by atoms with Gasteiger partial charge in [0.25, 0.3) is 0 Å². The Morgan fingerprint density at radius 2 is 1.95 bits per heavy atom. The van der Waals surface area contributed by atoms with Crippen molar-refractivity contribution >= 4 is 11.9 Å². The lowest BCUT2D eigenvalue weighted by Crippen LogP contribution is -2.43. The number of rotatable bonds is 9. The fourth-order valence-corrected chi connectivity index (χ4v) is 2.91. The monoisotopic (exact) mass is 284 g/mol. The average molecular weight is 284 g/mol. The van der Waals surface area contributed by atoms with E-state index in [0.717, 1.165) is 18.9 Å². The highest BCUT2D eigenvalue weighted by atomic mass is 16.4. The van der Waals surface area contributed by atoms with Gasteiger partial charge in [0, 0.05) is 20.0 Å². The third-order valence-corrected chi connectivity index (χ3v) is 4.21. The summed E-state index contributed by atoms with van der Waals surface area (Å²) in [6.45, 7) is 5.09. The number of carbonyl (C=O) groups excluding carboxylic acids is 1. The molecule has 0 aromatic rings. The average Bonchev–Trinajstić information content (AvgIpc) is 2.88. The van der Waals surface area contributed by atoms with Crippen molar-refractivity contribution in [2.45, 2.75) is 58.4 Å². The molecule has 2 N–H and O–H groups in total. The number of carboxylic acid groups (broad SMARTS) is 1. The third-order valence-electron chi connectivity index (χ3n) is 4.21. The lowest BCUT2D eigenvalue weighted by molar-refractivity contribution is -0.142. The number of hydrogen-bond donors (Lipinski definition) is 2. The molecule has 20 heavy (non-hydrogen) atoms. The Hall–Kier alpha value is -1.10. The number of nitrogens with one attached hydrogen (secondary N) is 1. The van der Waals surface area contributed by atoms with E-state index in [9.17, 15) is 9.59 Å². The highest BCUT2D eigenvalue weighted by Crippen LogP contribution is 2.28. The van der Waals surface area contributed by atoms with E-state index < -0.39 is 12.0 Å². The van der Waals surface area contributed by atoms with Gasteiger partial charge in [0.05, 0.1) is 0 Å². The fraction of sp³-hybridized carbons (Fsp3) is 0.867. The van der Waals surface area contributed by atoms with E-state index >= 15 is 0 Å².